The Morgan fingerprint density at radius 3 is 2.95 bits per heavy atom. The maximum atomic E-state index is 11.3. The Kier molecular flexibility index (Phi) is 2.86. The zero-order chi connectivity index (χ0) is 14.1. The van der Waals surface area contributed by atoms with Gasteiger partial charge in [0.25, 0.3) is 0 Å². The monoisotopic (exact) mass is 269 g/mol. The predicted molar refractivity (Wildman–Crippen MR) is 70.4 cm³/mol. The summed E-state index contributed by atoms with van der Waals surface area (Å²) in [6.07, 6.45) is 1.66. The van der Waals surface area contributed by atoms with E-state index in [-0.39, 0.29) is 5.56 Å². The first-order valence-corrected chi connectivity index (χ1v) is 5.99. The van der Waals surface area contributed by atoms with E-state index in [4.69, 9.17) is 0 Å². The van der Waals surface area contributed by atoms with Crippen molar-refractivity contribution >= 4 is 17.0 Å². The molecule has 3 aromatic rings. The lowest BCUT2D eigenvalue weighted by Crippen LogP contribution is -2.08. The number of aromatic carboxylic acids is 1. The lowest BCUT2D eigenvalue weighted by Gasteiger charge is -2.04. The molecule has 7 nitrogen and oxygen atoms in total. The number of rotatable bonds is 3. The van der Waals surface area contributed by atoms with Crippen LogP contribution in [0.15, 0.2) is 30.5 Å². The van der Waals surface area contributed by atoms with Crippen LogP contribution in [0.3, 0.4) is 0 Å². The molecule has 0 unspecified atom stereocenters. The highest BCUT2D eigenvalue weighted by molar-refractivity contribution is 6.00. The number of nitrogens with zero attached hydrogens (tertiary/aromatic N) is 5. The number of hydrogen-bond donors (Lipinski definition) is 1. The lowest BCUT2D eigenvalue weighted by atomic mass is 10.2. The third-order valence-electron chi connectivity index (χ3n) is 2.91. The van der Waals surface area contributed by atoms with Gasteiger partial charge in [0.05, 0.1) is 17.8 Å². The highest BCUT2D eigenvalue weighted by Gasteiger charge is 2.14. The van der Waals surface area contributed by atoms with Crippen LogP contribution in [0.1, 0.15) is 21.9 Å². The van der Waals surface area contributed by atoms with Crippen molar-refractivity contribution in [3.63, 3.8) is 0 Å². The van der Waals surface area contributed by atoms with E-state index in [0.717, 1.165) is 5.69 Å². The minimum atomic E-state index is -1.00. The number of aromatic nitrogens is 5. The van der Waals surface area contributed by atoms with Crippen LogP contribution in [0, 0.1) is 6.92 Å². The average Bonchev–Trinajstić information content (AvgIpc) is 2.82. The van der Waals surface area contributed by atoms with Crippen LogP contribution in [-0.2, 0) is 6.54 Å². The largest absolute Gasteiger partial charge is 0.478 e. The molecule has 0 saturated heterocycles. The first-order valence-electron chi connectivity index (χ1n) is 5.99. The molecule has 0 spiro atoms. The quantitative estimate of drug-likeness (QED) is 0.769. The van der Waals surface area contributed by atoms with E-state index in [0.29, 0.717) is 23.4 Å². The molecule has 1 N–H and O–H groups in total. The molecule has 0 amide bonds. The molecule has 3 rings (SSSR count). The molecule has 7 heteroatoms. The summed E-state index contributed by atoms with van der Waals surface area (Å²) >= 11 is 0. The second-order valence-corrected chi connectivity index (χ2v) is 4.32. The standard InChI is InChI=1S/C13H11N5O2/c1-8-14-6-5-9(15-8)7-18-12-10(13(19)20)3-2-4-11(12)16-17-18/h2-6H,7H2,1H3,(H,19,20). The summed E-state index contributed by atoms with van der Waals surface area (Å²) in [5.74, 6) is -0.344. The fourth-order valence-corrected chi connectivity index (χ4v) is 2.06. The van der Waals surface area contributed by atoms with Crippen molar-refractivity contribution < 1.29 is 9.90 Å². The summed E-state index contributed by atoms with van der Waals surface area (Å²) < 4.78 is 1.54. The van der Waals surface area contributed by atoms with Gasteiger partial charge in [-0.15, -0.1) is 5.10 Å². The van der Waals surface area contributed by atoms with Crippen molar-refractivity contribution in [2.75, 3.05) is 0 Å². The van der Waals surface area contributed by atoms with E-state index >= 15 is 0 Å². The van der Waals surface area contributed by atoms with Gasteiger partial charge in [-0.25, -0.2) is 19.4 Å². The van der Waals surface area contributed by atoms with E-state index < -0.39 is 5.97 Å². The molecule has 0 aliphatic carbocycles. The topological polar surface area (TPSA) is 93.8 Å². The van der Waals surface area contributed by atoms with Crippen molar-refractivity contribution in [2.24, 2.45) is 0 Å². The van der Waals surface area contributed by atoms with Crippen LogP contribution in [0.4, 0.5) is 0 Å². The molecule has 2 aromatic heterocycles. The van der Waals surface area contributed by atoms with Gasteiger partial charge in [0, 0.05) is 6.20 Å². The highest BCUT2D eigenvalue weighted by Crippen LogP contribution is 2.17. The Morgan fingerprint density at radius 1 is 1.35 bits per heavy atom. The molecule has 2 heterocycles. The highest BCUT2D eigenvalue weighted by atomic mass is 16.4. The molecule has 1 aromatic carbocycles. The van der Waals surface area contributed by atoms with Gasteiger partial charge in [-0.2, -0.15) is 0 Å². The fraction of sp³-hybridized carbons (Fsp3) is 0.154. The first kappa shape index (κ1) is 12.2. The van der Waals surface area contributed by atoms with E-state index in [1.54, 1.807) is 36.0 Å². The summed E-state index contributed by atoms with van der Waals surface area (Å²) in [6.45, 7) is 2.15. The second-order valence-electron chi connectivity index (χ2n) is 4.32. The lowest BCUT2D eigenvalue weighted by molar-refractivity contribution is 0.0698. The Morgan fingerprint density at radius 2 is 2.20 bits per heavy atom. The number of benzene rings is 1. The fourth-order valence-electron chi connectivity index (χ4n) is 2.06. The van der Waals surface area contributed by atoms with E-state index in [1.165, 1.54) is 6.07 Å². The summed E-state index contributed by atoms with van der Waals surface area (Å²) in [6, 6.07) is 6.69. The zero-order valence-electron chi connectivity index (χ0n) is 10.7. The average molecular weight is 269 g/mol. The summed E-state index contributed by atoms with van der Waals surface area (Å²) in [5, 5.41) is 17.2. The number of hydrogen-bond acceptors (Lipinski definition) is 5. The Bertz CT molecular complexity index is 796. The van der Waals surface area contributed by atoms with E-state index in [9.17, 15) is 9.90 Å². The van der Waals surface area contributed by atoms with E-state index in [2.05, 4.69) is 20.3 Å². The van der Waals surface area contributed by atoms with Gasteiger partial charge in [0.15, 0.2) is 0 Å². The molecule has 0 aliphatic heterocycles. The van der Waals surface area contributed by atoms with Crippen LogP contribution < -0.4 is 0 Å². The molecule has 0 saturated carbocycles. The third kappa shape index (κ3) is 2.09. The number of aryl methyl sites for hydroxylation is 1. The summed E-state index contributed by atoms with van der Waals surface area (Å²) in [7, 11) is 0. The number of carboxylic acid groups (broad SMARTS) is 1. The SMILES string of the molecule is Cc1nccc(Cn2nnc3cccc(C(=O)O)c32)n1. The maximum Gasteiger partial charge on any atom is 0.337 e. The van der Waals surface area contributed by atoms with E-state index in [1.807, 2.05) is 0 Å². The maximum absolute atomic E-state index is 11.3. The zero-order valence-corrected chi connectivity index (χ0v) is 10.7. The van der Waals surface area contributed by atoms with Crippen molar-refractivity contribution in [2.45, 2.75) is 13.5 Å². The van der Waals surface area contributed by atoms with Gasteiger partial charge in [0.2, 0.25) is 0 Å². The van der Waals surface area contributed by atoms with Crippen molar-refractivity contribution in [1.29, 1.82) is 0 Å². The normalized spacial score (nSPS) is 10.8. The van der Waals surface area contributed by atoms with Crippen molar-refractivity contribution in [1.82, 2.24) is 25.0 Å². The van der Waals surface area contributed by atoms with Crippen molar-refractivity contribution in [3.8, 4) is 0 Å². The Hall–Kier alpha value is -2.83. The minimum Gasteiger partial charge on any atom is -0.478 e. The van der Waals surface area contributed by atoms with Gasteiger partial charge in [0.1, 0.15) is 16.9 Å². The van der Waals surface area contributed by atoms with Gasteiger partial charge in [-0.05, 0) is 25.1 Å². The number of carbonyl (C=O) groups is 1. The molecule has 0 aliphatic rings. The minimum absolute atomic E-state index is 0.179. The molecule has 0 bridgehead atoms. The van der Waals surface area contributed by atoms with Crippen molar-refractivity contribution in [3.05, 3.63) is 47.5 Å². The first-order chi connectivity index (χ1) is 9.65. The van der Waals surface area contributed by atoms with Gasteiger partial charge in [-0.1, -0.05) is 11.3 Å². The molecule has 0 atom stereocenters. The van der Waals surface area contributed by atoms with Crippen LogP contribution in [0.25, 0.3) is 11.0 Å². The molecular weight excluding hydrogens is 258 g/mol. The molecule has 0 radical (unpaired) electrons. The molecule has 0 fully saturated rings. The summed E-state index contributed by atoms with van der Waals surface area (Å²) in [4.78, 5) is 19.6. The predicted octanol–water partition coefficient (Wildman–Crippen LogP) is 1.28. The summed E-state index contributed by atoms with van der Waals surface area (Å²) in [5.41, 5.74) is 1.98. The van der Waals surface area contributed by atoms with Crippen LogP contribution in [-0.4, -0.2) is 36.0 Å². The molecule has 20 heavy (non-hydrogen) atoms. The smallest absolute Gasteiger partial charge is 0.337 e. The molecular formula is C13H11N5O2. The van der Waals surface area contributed by atoms with Crippen LogP contribution in [0.5, 0.6) is 0 Å². The number of carboxylic acids is 1. The van der Waals surface area contributed by atoms with Crippen LogP contribution >= 0.6 is 0 Å². The third-order valence-corrected chi connectivity index (χ3v) is 2.91. The van der Waals surface area contributed by atoms with Gasteiger partial charge in [-0.3, -0.25) is 0 Å². The Labute approximate surface area is 113 Å². The second kappa shape index (κ2) is 4.69. The molecule has 100 valence electrons. The Balaban J connectivity index is 2.10. The van der Waals surface area contributed by atoms with Gasteiger partial charge < -0.3 is 5.11 Å². The number of para-hydroxylation sites is 1. The number of fused-ring (bicyclic) bond motifs is 1. The van der Waals surface area contributed by atoms with Crippen LogP contribution in [0.2, 0.25) is 0 Å². The van der Waals surface area contributed by atoms with Gasteiger partial charge >= 0.3 is 5.97 Å².